The number of rotatable bonds is 32. The van der Waals surface area contributed by atoms with Gasteiger partial charge in [0, 0.05) is 42.5 Å². The van der Waals surface area contributed by atoms with Crippen LogP contribution in [0.1, 0.15) is 170 Å². The molecule has 82 heavy (non-hydrogen) atoms. The summed E-state index contributed by atoms with van der Waals surface area (Å²) in [7, 11) is -0.547. The Kier molecular flexibility index (Phi) is 29.4. The Morgan fingerprint density at radius 2 is 0.646 bits per heavy atom. The first-order valence-electron chi connectivity index (χ1n) is 30.0. The lowest BCUT2D eigenvalue weighted by Gasteiger charge is -2.32. The maximum atomic E-state index is 15.3. The molecule has 0 radical (unpaired) electrons. The van der Waals surface area contributed by atoms with Crippen molar-refractivity contribution >= 4 is 12.6 Å². The molecule has 0 bridgehead atoms. The number of halogens is 2. The lowest BCUT2D eigenvalue weighted by molar-refractivity contribution is 0.00578. The molecule has 6 rings (SSSR count). The zero-order valence-electron chi connectivity index (χ0n) is 52.5. The van der Waals surface area contributed by atoms with E-state index in [2.05, 4.69) is 41.5 Å². The number of ether oxygens (including phenoxy) is 10. The van der Waals surface area contributed by atoms with Crippen molar-refractivity contribution in [3.63, 3.8) is 0 Å². The summed E-state index contributed by atoms with van der Waals surface area (Å²) in [6, 6.07) is 19.5. The fourth-order valence-corrected chi connectivity index (χ4v) is 8.12. The van der Waals surface area contributed by atoms with Crippen LogP contribution in [-0.2, 0) is 15.9 Å². The van der Waals surface area contributed by atoms with E-state index in [4.69, 9.17) is 56.7 Å². The van der Waals surface area contributed by atoms with Gasteiger partial charge in [-0.1, -0.05) is 62.3 Å². The van der Waals surface area contributed by atoms with Gasteiger partial charge in [-0.3, -0.25) is 0 Å². The predicted molar refractivity (Wildman–Crippen MR) is 327 cm³/mol. The van der Waals surface area contributed by atoms with E-state index >= 15 is 8.78 Å². The second-order valence-corrected chi connectivity index (χ2v) is 21.4. The highest BCUT2D eigenvalue weighted by Crippen LogP contribution is 2.44. The molecule has 0 N–H and O–H groups in total. The molecule has 1 fully saturated rings. The molecule has 1 aliphatic heterocycles. The van der Waals surface area contributed by atoms with Crippen molar-refractivity contribution in [1.82, 2.24) is 0 Å². The molecule has 15 heteroatoms. The third-order valence-corrected chi connectivity index (χ3v) is 13.4. The van der Waals surface area contributed by atoms with Crippen LogP contribution in [0, 0.1) is 32.4 Å². The summed E-state index contributed by atoms with van der Waals surface area (Å²) in [5.41, 5.74) is 3.95. The minimum absolute atomic E-state index is 0.130. The molecule has 5 aromatic carbocycles. The van der Waals surface area contributed by atoms with Crippen LogP contribution in [0.2, 0.25) is 0 Å². The molecule has 454 valence electrons. The SMILES string of the molecule is CCCOc1cc(OCCC)c(-c2cc(F)c(COc3cc(C)c(C)c(C)c3)c(F)c2)c(OCCC)c1.CCCOc1cc(OCCC)c(B2OC(C)(C)C(C)(C)O2)c(OCCC)c1.CCCOc1cc(OCCC)cc(OCCC)c1. The van der Waals surface area contributed by atoms with Crippen molar-refractivity contribution in [3.8, 4) is 68.6 Å². The van der Waals surface area contributed by atoms with Gasteiger partial charge in [-0.15, -0.1) is 0 Å². The molecule has 1 aliphatic rings. The van der Waals surface area contributed by atoms with Gasteiger partial charge in [0.2, 0.25) is 0 Å². The summed E-state index contributed by atoms with van der Waals surface area (Å²) in [6.07, 6.45) is 8.14. The van der Waals surface area contributed by atoms with Gasteiger partial charge in [0.25, 0.3) is 0 Å². The number of hydrogen-bond donors (Lipinski definition) is 0. The molecular weight excluding hydrogens is 1050 g/mol. The highest BCUT2D eigenvalue weighted by Gasteiger charge is 2.53. The Morgan fingerprint density at radius 1 is 0.366 bits per heavy atom. The van der Waals surface area contributed by atoms with Gasteiger partial charge in [0.1, 0.15) is 75.7 Å². The number of aryl methyl sites for hydroxylation is 2. The Hall–Kier alpha value is -6.06. The number of benzene rings is 5. The van der Waals surface area contributed by atoms with Crippen molar-refractivity contribution in [2.75, 3.05) is 59.5 Å². The first-order chi connectivity index (χ1) is 39.3. The van der Waals surface area contributed by atoms with Crippen LogP contribution in [0.3, 0.4) is 0 Å². The van der Waals surface area contributed by atoms with Gasteiger partial charge >= 0.3 is 7.12 Å². The van der Waals surface area contributed by atoms with E-state index in [1.165, 1.54) is 17.7 Å². The zero-order valence-corrected chi connectivity index (χ0v) is 52.5. The highest BCUT2D eigenvalue weighted by atomic mass is 19.1. The normalized spacial score (nSPS) is 13.0. The van der Waals surface area contributed by atoms with Crippen LogP contribution < -0.4 is 52.8 Å². The summed E-state index contributed by atoms with van der Waals surface area (Å²) >= 11 is 0. The van der Waals surface area contributed by atoms with Gasteiger partial charge in [0.05, 0.1) is 87.3 Å². The molecule has 0 atom stereocenters. The third kappa shape index (κ3) is 20.7. The maximum Gasteiger partial charge on any atom is 0.502 e. The van der Waals surface area contributed by atoms with Gasteiger partial charge in [0.15, 0.2) is 0 Å². The summed E-state index contributed by atoms with van der Waals surface area (Å²) < 4.78 is 102. The Bertz CT molecular complexity index is 2510. The van der Waals surface area contributed by atoms with Crippen molar-refractivity contribution in [1.29, 1.82) is 0 Å². The topological polar surface area (TPSA) is 111 Å². The van der Waals surface area contributed by atoms with Crippen LogP contribution in [-0.4, -0.2) is 77.8 Å². The van der Waals surface area contributed by atoms with Crippen molar-refractivity contribution in [2.24, 2.45) is 0 Å². The molecule has 0 saturated carbocycles. The molecule has 0 aromatic heterocycles. The minimum Gasteiger partial charge on any atom is -0.494 e. The first-order valence-corrected chi connectivity index (χ1v) is 30.0. The molecular formula is C67H97BF2O12. The minimum atomic E-state index is -0.690. The largest absolute Gasteiger partial charge is 0.502 e. The molecule has 1 heterocycles. The smallest absolute Gasteiger partial charge is 0.494 e. The fourth-order valence-electron chi connectivity index (χ4n) is 8.12. The van der Waals surface area contributed by atoms with E-state index < -0.39 is 30.0 Å². The van der Waals surface area contributed by atoms with E-state index in [9.17, 15) is 0 Å². The average molecular weight is 1140 g/mol. The standard InChI is InChI=1S/C31H38F2O4.C21H35BO5.C15H24O3/c1-7-10-34-25-17-29(35-11-8-2)31(30(18-25)36-12-9-3)23-15-27(32)26(28(33)16-23)19-37-24-13-20(4)22(6)21(5)14-24;1-8-11-23-16-14-17(24-12-9-2)19(18(15-16)25-13-10-3)22-26-20(4,5)21(6,7)27-22;1-4-7-16-13-10-14(17-8-5-2)12-15(11-13)18-9-6-3/h13-18H,7-12,19H2,1-6H3;14-15H,8-13H2,1-7H3;10-12H,4-9H2,1-3H3. The van der Waals surface area contributed by atoms with Crippen molar-refractivity contribution < 1.29 is 65.5 Å². The monoisotopic (exact) mass is 1140 g/mol. The predicted octanol–water partition coefficient (Wildman–Crippen LogP) is 16.9. The summed E-state index contributed by atoms with van der Waals surface area (Å²) in [5.74, 6) is 5.33. The molecule has 0 amide bonds. The molecule has 0 aliphatic carbocycles. The second kappa shape index (κ2) is 35.2. The third-order valence-electron chi connectivity index (χ3n) is 13.4. The maximum absolute atomic E-state index is 15.3. The quantitative estimate of drug-likeness (QED) is 0.0382. The average Bonchev–Trinajstić information content (AvgIpc) is 3.52. The van der Waals surface area contributed by atoms with Gasteiger partial charge in [-0.2, -0.15) is 0 Å². The van der Waals surface area contributed by atoms with Crippen molar-refractivity contribution in [2.45, 2.75) is 186 Å². The molecule has 5 aromatic rings. The van der Waals surface area contributed by atoms with Crippen LogP contribution in [0.25, 0.3) is 11.1 Å². The van der Waals surface area contributed by atoms with Crippen LogP contribution >= 0.6 is 0 Å². The fraction of sp³-hybridized carbons (Fsp3) is 0.552. The summed E-state index contributed by atoms with van der Waals surface area (Å²) in [6.45, 7) is 37.9. The van der Waals surface area contributed by atoms with Gasteiger partial charge in [-0.05, 0) is 153 Å². The van der Waals surface area contributed by atoms with Gasteiger partial charge in [-0.25, -0.2) is 8.78 Å². The first kappa shape index (κ1) is 68.4. The van der Waals surface area contributed by atoms with Crippen molar-refractivity contribution in [3.05, 3.63) is 101 Å². The Labute approximate surface area is 491 Å². The molecule has 0 unspecified atom stereocenters. The van der Waals surface area contributed by atoms with E-state index in [1.54, 1.807) is 12.1 Å². The zero-order chi connectivity index (χ0) is 60.2. The summed E-state index contributed by atoms with van der Waals surface area (Å²) in [4.78, 5) is 0. The van der Waals surface area contributed by atoms with Gasteiger partial charge < -0.3 is 56.7 Å². The van der Waals surface area contributed by atoms with E-state index in [0.29, 0.717) is 105 Å². The number of hydrogen-bond acceptors (Lipinski definition) is 12. The highest BCUT2D eigenvalue weighted by molar-refractivity contribution is 6.64. The lowest BCUT2D eigenvalue weighted by atomic mass is 9.77. The Morgan fingerprint density at radius 3 is 0.976 bits per heavy atom. The summed E-state index contributed by atoms with van der Waals surface area (Å²) in [5, 5.41) is 0. The molecule has 1 saturated heterocycles. The second-order valence-electron chi connectivity index (χ2n) is 21.4. The van der Waals surface area contributed by atoms with E-state index in [0.717, 1.165) is 97.4 Å². The molecule has 0 spiro atoms. The van der Waals surface area contributed by atoms with E-state index in [1.807, 2.05) is 112 Å². The Balaban J connectivity index is 0.000000282. The molecule has 12 nitrogen and oxygen atoms in total. The lowest BCUT2D eigenvalue weighted by Crippen LogP contribution is -2.41. The van der Waals surface area contributed by atoms with Crippen LogP contribution in [0.4, 0.5) is 8.78 Å². The van der Waals surface area contributed by atoms with E-state index in [-0.39, 0.29) is 12.2 Å². The van der Waals surface area contributed by atoms with Crippen LogP contribution in [0.5, 0.6) is 57.5 Å². The van der Waals surface area contributed by atoms with Crippen LogP contribution in [0.15, 0.2) is 66.7 Å².